The molecule has 0 fully saturated rings. The van der Waals surface area contributed by atoms with E-state index in [0.29, 0.717) is 12.0 Å². The molecule has 0 unspecified atom stereocenters. The first-order valence-electron chi connectivity index (χ1n) is 7.35. The van der Waals surface area contributed by atoms with E-state index in [1.165, 1.54) is 10.8 Å². The predicted octanol–water partition coefficient (Wildman–Crippen LogP) is 1.19. The average molecular weight is 336 g/mol. The van der Waals surface area contributed by atoms with Crippen LogP contribution in [-0.4, -0.2) is 20.4 Å². The average Bonchev–Trinajstić information content (AvgIpc) is 2.81. The highest BCUT2D eigenvalue weighted by molar-refractivity contribution is 7.11. The predicted molar refractivity (Wildman–Crippen MR) is 88.8 cm³/mol. The molecule has 2 heterocycles. The lowest BCUT2D eigenvalue weighted by molar-refractivity contribution is -0.122. The summed E-state index contributed by atoms with van der Waals surface area (Å²) in [5.74, 6) is -0.295. The highest BCUT2D eigenvalue weighted by Crippen LogP contribution is 2.24. The molecule has 2 aromatic heterocycles. The summed E-state index contributed by atoms with van der Waals surface area (Å²) < 4.78 is 1.19. The van der Waals surface area contributed by atoms with E-state index in [1.807, 2.05) is 20.8 Å². The minimum absolute atomic E-state index is 0.143. The van der Waals surface area contributed by atoms with Crippen molar-refractivity contribution >= 4 is 17.2 Å². The van der Waals surface area contributed by atoms with E-state index in [2.05, 4.69) is 15.3 Å². The highest BCUT2D eigenvalue weighted by atomic mass is 32.1. The van der Waals surface area contributed by atoms with Crippen molar-refractivity contribution < 1.29 is 4.79 Å². The van der Waals surface area contributed by atoms with Crippen molar-refractivity contribution in [2.24, 2.45) is 0 Å². The maximum absolute atomic E-state index is 12.2. The number of aromatic nitrogens is 3. The molecule has 0 aliphatic carbocycles. The van der Waals surface area contributed by atoms with Crippen molar-refractivity contribution in [2.75, 3.05) is 0 Å². The Kier molecular flexibility index (Phi) is 5.15. The van der Waals surface area contributed by atoms with Gasteiger partial charge in [0.1, 0.15) is 11.6 Å². The van der Waals surface area contributed by atoms with Gasteiger partial charge in [-0.25, -0.2) is 9.78 Å². The van der Waals surface area contributed by atoms with Crippen LogP contribution in [0.15, 0.2) is 15.8 Å². The van der Waals surface area contributed by atoms with Crippen molar-refractivity contribution in [3.63, 3.8) is 0 Å². The number of nitrogens with one attached hydrogen (secondary N) is 2. The minimum Gasteiger partial charge on any atom is -0.345 e. The second kappa shape index (κ2) is 6.91. The van der Waals surface area contributed by atoms with Crippen molar-refractivity contribution in [2.45, 2.75) is 46.7 Å². The maximum Gasteiger partial charge on any atom is 0.328 e. The summed E-state index contributed by atoms with van der Waals surface area (Å²) in [5, 5.41) is 3.75. The molecule has 124 valence electrons. The highest BCUT2D eigenvalue weighted by Gasteiger charge is 2.18. The number of rotatable bonds is 5. The van der Waals surface area contributed by atoms with Crippen molar-refractivity contribution in [3.05, 3.63) is 48.2 Å². The first kappa shape index (κ1) is 17.1. The minimum atomic E-state index is -0.593. The summed E-state index contributed by atoms with van der Waals surface area (Å²) >= 11 is 1.56. The monoisotopic (exact) mass is 336 g/mol. The molecule has 8 heteroatoms. The summed E-state index contributed by atoms with van der Waals surface area (Å²) in [5.41, 5.74) is 0.317. The van der Waals surface area contributed by atoms with Gasteiger partial charge >= 0.3 is 5.69 Å². The third-order valence-corrected chi connectivity index (χ3v) is 4.78. The first-order chi connectivity index (χ1) is 10.8. The lowest BCUT2D eigenvalue weighted by Gasteiger charge is -2.15. The van der Waals surface area contributed by atoms with Crippen molar-refractivity contribution in [1.82, 2.24) is 19.9 Å². The largest absolute Gasteiger partial charge is 0.345 e. The van der Waals surface area contributed by atoms with Gasteiger partial charge in [-0.3, -0.25) is 19.1 Å². The fourth-order valence-electron chi connectivity index (χ4n) is 2.12. The fraction of sp³-hybridized carbons (Fsp3) is 0.467. The van der Waals surface area contributed by atoms with E-state index in [-0.39, 0.29) is 18.5 Å². The third kappa shape index (κ3) is 3.95. The number of nitrogens with zero attached hydrogens (tertiary/aromatic N) is 2. The number of carbonyl (C=O) groups is 1. The van der Waals surface area contributed by atoms with E-state index in [4.69, 9.17) is 0 Å². The molecule has 7 nitrogen and oxygen atoms in total. The Balaban J connectivity index is 2.13. The summed E-state index contributed by atoms with van der Waals surface area (Å²) in [6.07, 6.45) is 2.09. The number of aryl methyl sites for hydroxylation is 3. The molecule has 0 aromatic carbocycles. The molecule has 0 spiro atoms. The third-order valence-electron chi connectivity index (χ3n) is 3.59. The Morgan fingerprint density at radius 1 is 1.39 bits per heavy atom. The Labute approximate surface area is 137 Å². The number of hydrogen-bond donors (Lipinski definition) is 2. The van der Waals surface area contributed by atoms with Crippen molar-refractivity contribution in [3.8, 4) is 0 Å². The second-order valence-corrected chi connectivity index (χ2v) is 6.66. The number of thiazole rings is 1. The van der Waals surface area contributed by atoms with Crippen LogP contribution in [0.2, 0.25) is 0 Å². The van der Waals surface area contributed by atoms with Gasteiger partial charge in [-0.15, -0.1) is 11.3 Å². The molecule has 0 bridgehead atoms. The van der Waals surface area contributed by atoms with E-state index in [9.17, 15) is 14.4 Å². The summed E-state index contributed by atoms with van der Waals surface area (Å²) in [7, 11) is 0. The zero-order chi connectivity index (χ0) is 17.1. The molecule has 2 aromatic rings. The van der Waals surface area contributed by atoms with Gasteiger partial charge in [0, 0.05) is 16.6 Å². The van der Waals surface area contributed by atoms with Gasteiger partial charge in [-0.2, -0.15) is 0 Å². The van der Waals surface area contributed by atoms with E-state index >= 15 is 0 Å². The van der Waals surface area contributed by atoms with Crippen LogP contribution in [-0.2, 0) is 11.3 Å². The van der Waals surface area contributed by atoms with Crippen LogP contribution >= 0.6 is 11.3 Å². The number of aromatic amines is 1. The van der Waals surface area contributed by atoms with Crippen LogP contribution in [0.5, 0.6) is 0 Å². The maximum atomic E-state index is 12.2. The Hall–Kier alpha value is -2.22. The van der Waals surface area contributed by atoms with Crippen LogP contribution < -0.4 is 16.6 Å². The zero-order valence-electron chi connectivity index (χ0n) is 13.6. The molecule has 2 N–H and O–H groups in total. The number of carbonyl (C=O) groups excluding carboxylic acids is 1. The van der Waals surface area contributed by atoms with Gasteiger partial charge < -0.3 is 5.32 Å². The van der Waals surface area contributed by atoms with Crippen molar-refractivity contribution in [1.29, 1.82) is 0 Å². The second-order valence-electron chi connectivity index (χ2n) is 5.42. The summed E-state index contributed by atoms with van der Waals surface area (Å²) in [6, 6.07) is -0.181. The molecular formula is C15H20N4O3S. The first-order valence-corrected chi connectivity index (χ1v) is 8.17. The molecule has 0 aliphatic rings. The molecule has 1 amide bonds. The Bertz CT molecular complexity index is 814. The Morgan fingerprint density at radius 3 is 2.65 bits per heavy atom. The van der Waals surface area contributed by atoms with Gasteiger partial charge in [-0.1, -0.05) is 6.92 Å². The molecule has 0 radical (unpaired) electrons. The number of H-pyrrole nitrogens is 1. The van der Waals surface area contributed by atoms with Crippen LogP contribution in [0, 0.1) is 20.8 Å². The molecule has 23 heavy (non-hydrogen) atoms. The summed E-state index contributed by atoms with van der Waals surface area (Å²) in [6.45, 7) is 7.34. The van der Waals surface area contributed by atoms with Crippen LogP contribution in [0.4, 0.5) is 0 Å². The standard InChI is InChI=1S/C15H20N4O3S/c1-5-11(14-16-9(3)10(4)23-14)17-12(20)7-19-6-8(2)13(21)18-15(19)22/h6,11H,5,7H2,1-4H3,(H,17,20)(H,18,21,22)/t11-/m0/s1. The van der Waals surface area contributed by atoms with Gasteiger partial charge in [0.15, 0.2) is 0 Å². The van der Waals surface area contributed by atoms with Crippen LogP contribution in [0.25, 0.3) is 0 Å². The molecule has 0 aliphatic heterocycles. The zero-order valence-corrected chi connectivity index (χ0v) is 14.4. The quantitative estimate of drug-likeness (QED) is 0.857. The summed E-state index contributed by atoms with van der Waals surface area (Å²) in [4.78, 5) is 43.1. The fourth-order valence-corrected chi connectivity index (χ4v) is 3.17. The molecule has 0 saturated carbocycles. The topological polar surface area (TPSA) is 96.9 Å². The van der Waals surface area contributed by atoms with E-state index < -0.39 is 11.2 Å². The lowest BCUT2D eigenvalue weighted by Crippen LogP contribution is -2.37. The molecule has 1 atom stereocenters. The lowest BCUT2D eigenvalue weighted by atomic mass is 10.2. The van der Waals surface area contributed by atoms with E-state index in [1.54, 1.807) is 18.3 Å². The molecule has 0 saturated heterocycles. The SMILES string of the molecule is CC[C@H](NC(=O)Cn1cc(C)c(=O)[nH]c1=O)c1nc(C)c(C)s1. The number of hydrogen-bond acceptors (Lipinski definition) is 5. The van der Waals surface area contributed by atoms with Gasteiger partial charge in [0.25, 0.3) is 5.56 Å². The Morgan fingerprint density at radius 2 is 2.09 bits per heavy atom. The number of amides is 1. The molecular weight excluding hydrogens is 316 g/mol. The van der Waals surface area contributed by atoms with Crippen LogP contribution in [0.1, 0.15) is 40.5 Å². The van der Waals surface area contributed by atoms with Gasteiger partial charge in [0.05, 0.1) is 11.7 Å². The van der Waals surface area contributed by atoms with Crippen LogP contribution in [0.3, 0.4) is 0 Å². The van der Waals surface area contributed by atoms with E-state index in [0.717, 1.165) is 15.6 Å². The molecule has 2 rings (SSSR count). The van der Waals surface area contributed by atoms with Gasteiger partial charge in [-0.05, 0) is 27.2 Å². The normalized spacial score (nSPS) is 12.2. The smallest absolute Gasteiger partial charge is 0.328 e. The van der Waals surface area contributed by atoms with Gasteiger partial charge in [0.2, 0.25) is 5.91 Å².